The van der Waals surface area contributed by atoms with Crippen molar-refractivity contribution in [1.82, 2.24) is 0 Å². The first-order valence-corrected chi connectivity index (χ1v) is 7.50. The molecular weight excluding hydrogens is 363 g/mol. The number of carbonyl (C=O) groups is 2. The number of ether oxygens (including phenoxy) is 1. The van der Waals surface area contributed by atoms with Gasteiger partial charge in [0.25, 0.3) is 0 Å². The Morgan fingerprint density at radius 1 is 1.32 bits per heavy atom. The van der Waals surface area contributed by atoms with Gasteiger partial charge in [-0.2, -0.15) is 13.2 Å². The lowest BCUT2D eigenvalue weighted by Gasteiger charge is -2.25. The molecule has 1 aromatic carbocycles. The summed E-state index contributed by atoms with van der Waals surface area (Å²) >= 11 is 0. The van der Waals surface area contributed by atoms with E-state index in [0.29, 0.717) is 6.42 Å². The summed E-state index contributed by atoms with van der Waals surface area (Å²) in [7, 11) is 0. The van der Waals surface area contributed by atoms with Crippen LogP contribution in [0.1, 0.15) is 24.0 Å². The molecule has 2 aliphatic rings. The predicted octanol–water partition coefficient (Wildman–Crippen LogP) is 2.61. The highest BCUT2D eigenvalue weighted by Crippen LogP contribution is 2.61. The molecule has 3 N–H and O–H groups in total. The first-order chi connectivity index (χ1) is 11.2. The number of alkyl halides is 3. The van der Waals surface area contributed by atoms with Gasteiger partial charge in [0.2, 0.25) is 0 Å². The number of carboxylic acid groups (broad SMARTS) is 1. The van der Waals surface area contributed by atoms with Crippen LogP contribution in [-0.2, 0) is 27.1 Å². The SMILES string of the molecule is Cl.N[C@@]1(C(=O)OCc2ccccc2C(F)(F)F)CC[C@H]2[C@H](C(=O)O)[C@H]21. The lowest BCUT2D eigenvalue weighted by Crippen LogP contribution is -2.50. The third-order valence-corrected chi connectivity index (χ3v) is 5.00. The summed E-state index contributed by atoms with van der Waals surface area (Å²) in [5, 5.41) is 9.07. The summed E-state index contributed by atoms with van der Waals surface area (Å²) in [6.07, 6.45) is -3.76. The molecule has 0 aliphatic heterocycles. The minimum Gasteiger partial charge on any atom is -0.481 e. The van der Waals surface area contributed by atoms with E-state index in [-0.39, 0.29) is 30.3 Å². The fourth-order valence-corrected chi connectivity index (χ4v) is 3.78. The Morgan fingerprint density at radius 3 is 2.52 bits per heavy atom. The van der Waals surface area contributed by atoms with Gasteiger partial charge in [-0.1, -0.05) is 18.2 Å². The second kappa shape index (κ2) is 6.49. The Labute approximate surface area is 147 Å². The fraction of sp³-hybridized carbons (Fsp3) is 0.500. The topological polar surface area (TPSA) is 89.6 Å². The van der Waals surface area contributed by atoms with Crippen LogP contribution in [0.15, 0.2) is 24.3 Å². The van der Waals surface area contributed by atoms with Gasteiger partial charge in [0.05, 0.1) is 11.5 Å². The van der Waals surface area contributed by atoms with Crippen molar-refractivity contribution in [2.24, 2.45) is 23.5 Å². The van der Waals surface area contributed by atoms with Crippen molar-refractivity contribution in [3.05, 3.63) is 35.4 Å². The van der Waals surface area contributed by atoms with Gasteiger partial charge in [0, 0.05) is 11.5 Å². The molecule has 4 atom stereocenters. The molecule has 0 amide bonds. The van der Waals surface area contributed by atoms with E-state index in [1.54, 1.807) is 0 Å². The number of hydrogen-bond acceptors (Lipinski definition) is 4. The number of nitrogens with two attached hydrogens (primary N) is 1. The zero-order chi connectivity index (χ0) is 17.7. The molecule has 1 aromatic rings. The van der Waals surface area contributed by atoms with E-state index in [1.807, 2.05) is 0 Å². The summed E-state index contributed by atoms with van der Waals surface area (Å²) in [5.41, 5.74) is 3.58. The van der Waals surface area contributed by atoms with E-state index < -0.39 is 47.7 Å². The van der Waals surface area contributed by atoms with E-state index in [2.05, 4.69) is 0 Å². The van der Waals surface area contributed by atoms with Crippen molar-refractivity contribution >= 4 is 24.3 Å². The van der Waals surface area contributed by atoms with Crippen LogP contribution < -0.4 is 5.73 Å². The lowest BCUT2D eigenvalue weighted by molar-refractivity contribution is -0.154. The molecule has 0 spiro atoms. The van der Waals surface area contributed by atoms with Gasteiger partial charge in [0.1, 0.15) is 12.1 Å². The average molecular weight is 380 g/mol. The predicted molar refractivity (Wildman–Crippen MR) is 82.7 cm³/mol. The molecule has 9 heteroatoms. The first-order valence-electron chi connectivity index (χ1n) is 7.50. The van der Waals surface area contributed by atoms with E-state index in [4.69, 9.17) is 15.6 Å². The van der Waals surface area contributed by atoms with E-state index in [9.17, 15) is 22.8 Å². The maximum Gasteiger partial charge on any atom is 0.416 e. The molecule has 25 heavy (non-hydrogen) atoms. The highest BCUT2D eigenvalue weighted by Gasteiger charge is 2.70. The monoisotopic (exact) mass is 379 g/mol. The van der Waals surface area contributed by atoms with E-state index >= 15 is 0 Å². The Balaban J connectivity index is 0.00000225. The second-order valence-corrected chi connectivity index (χ2v) is 6.36. The third-order valence-electron chi connectivity index (χ3n) is 5.00. The van der Waals surface area contributed by atoms with Crippen LogP contribution in [0.5, 0.6) is 0 Å². The Morgan fingerprint density at radius 2 is 1.96 bits per heavy atom. The molecule has 5 nitrogen and oxygen atoms in total. The van der Waals surface area contributed by atoms with Gasteiger partial charge in [0.15, 0.2) is 0 Å². The number of aliphatic carboxylic acids is 1. The third kappa shape index (κ3) is 3.32. The zero-order valence-electron chi connectivity index (χ0n) is 13.0. The normalized spacial score (nSPS) is 30.2. The lowest BCUT2D eigenvalue weighted by atomic mass is 9.91. The number of hydrogen-bond donors (Lipinski definition) is 2. The van der Waals surface area contributed by atoms with Gasteiger partial charge in [-0.25, -0.2) is 0 Å². The second-order valence-electron chi connectivity index (χ2n) is 6.36. The van der Waals surface area contributed by atoms with Crippen LogP contribution >= 0.6 is 12.4 Å². The number of halogens is 4. The molecule has 2 aliphatic carbocycles. The van der Waals surface area contributed by atoms with Crippen molar-refractivity contribution in [2.45, 2.75) is 31.2 Å². The molecule has 2 saturated carbocycles. The van der Waals surface area contributed by atoms with Crippen molar-refractivity contribution in [1.29, 1.82) is 0 Å². The molecule has 0 saturated heterocycles. The minimum absolute atomic E-state index is 0. The molecular formula is C16H17ClF3NO4. The Bertz CT molecular complexity index is 696. The summed E-state index contributed by atoms with van der Waals surface area (Å²) in [4.78, 5) is 23.4. The van der Waals surface area contributed by atoms with Gasteiger partial charge >= 0.3 is 18.1 Å². The first kappa shape index (κ1) is 19.5. The number of carbonyl (C=O) groups excluding carboxylic acids is 1. The van der Waals surface area contributed by atoms with Gasteiger partial charge in [-0.3, -0.25) is 9.59 Å². The Hall–Kier alpha value is -1.80. The highest BCUT2D eigenvalue weighted by atomic mass is 35.5. The smallest absolute Gasteiger partial charge is 0.416 e. The van der Waals surface area contributed by atoms with Gasteiger partial charge < -0.3 is 15.6 Å². The highest BCUT2D eigenvalue weighted by molar-refractivity contribution is 5.86. The molecule has 3 rings (SSSR count). The van der Waals surface area contributed by atoms with Crippen LogP contribution in [0.25, 0.3) is 0 Å². The molecule has 0 aromatic heterocycles. The molecule has 2 fully saturated rings. The summed E-state index contributed by atoms with van der Waals surface area (Å²) in [6, 6.07) is 4.81. The van der Waals surface area contributed by atoms with Crippen LogP contribution in [-0.4, -0.2) is 22.6 Å². The number of rotatable bonds is 4. The molecule has 0 unspecified atom stereocenters. The summed E-state index contributed by atoms with van der Waals surface area (Å²) in [5.74, 6) is -3.16. The Kier molecular flexibility index (Phi) is 5.07. The standard InChI is InChI=1S/C16H16F3NO4.ClH/c17-16(18,19)10-4-2-1-3-8(10)7-24-14(23)15(20)6-5-9-11(12(9)15)13(21)22;/h1-4,9,11-12H,5-7,20H2,(H,21,22);1H/t9-,11-,12-,15-;/m0./s1. The summed E-state index contributed by atoms with van der Waals surface area (Å²) in [6.45, 7) is -0.553. The van der Waals surface area contributed by atoms with Crippen molar-refractivity contribution in [3.8, 4) is 0 Å². The van der Waals surface area contributed by atoms with Crippen molar-refractivity contribution in [3.63, 3.8) is 0 Å². The maximum absolute atomic E-state index is 12.9. The number of fused-ring (bicyclic) bond motifs is 1. The van der Waals surface area contributed by atoms with E-state index in [1.165, 1.54) is 18.2 Å². The molecule has 138 valence electrons. The number of esters is 1. The average Bonchev–Trinajstić information content (AvgIpc) is 3.16. The quantitative estimate of drug-likeness (QED) is 0.785. The number of carboxylic acids is 1. The fourth-order valence-electron chi connectivity index (χ4n) is 3.78. The van der Waals surface area contributed by atoms with Crippen LogP contribution in [0, 0.1) is 17.8 Å². The zero-order valence-corrected chi connectivity index (χ0v) is 13.8. The molecule has 0 bridgehead atoms. The van der Waals surface area contributed by atoms with Crippen LogP contribution in [0.4, 0.5) is 13.2 Å². The minimum atomic E-state index is -4.55. The van der Waals surface area contributed by atoms with Gasteiger partial charge in [-0.05, 0) is 24.8 Å². The number of benzene rings is 1. The van der Waals surface area contributed by atoms with E-state index in [0.717, 1.165) is 6.07 Å². The van der Waals surface area contributed by atoms with Crippen LogP contribution in [0.3, 0.4) is 0 Å². The molecule has 0 heterocycles. The maximum atomic E-state index is 12.9. The van der Waals surface area contributed by atoms with Crippen molar-refractivity contribution < 1.29 is 32.6 Å². The van der Waals surface area contributed by atoms with Crippen LogP contribution in [0.2, 0.25) is 0 Å². The van der Waals surface area contributed by atoms with Gasteiger partial charge in [-0.15, -0.1) is 12.4 Å². The largest absolute Gasteiger partial charge is 0.481 e. The summed E-state index contributed by atoms with van der Waals surface area (Å²) < 4.78 is 43.8. The molecule has 0 radical (unpaired) electrons. The van der Waals surface area contributed by atoms with Crippen molar-refractivity contribution in [2.75, 3.05) is 0 Å².